The maximum atomic E-state index is 5.78. The Balaban J connectivity index is 1.71. The van der Waals surface area contributed by atoms with E-state index in [4.69, 9.17) is 9.47 Å². The monoisotopic (exact) mass is 394 g/mol. The highest BCUT2D eigenvalue weighted by atomic mass is 28.3. The first-order chi connectivity index (χ1) is 13.1. The van der Waals surface area contributed by atoms with Crippen molar-refractivity contribution in [1.29, 1.82) is 0 Å². The van der Waals surface area contributed by atoms with Crippen molar-refractivity contribution in [3.63, 3.8) is 0 Å². The van der Waals surface area contributed by atoms with Crippen LogP contribution in [0.25, 0.3) is 0 Å². The van der Waals surface area contributed by atoms with Crippen LogP contribution in [0.2, 0.25) is 19.6 Å². The Morgan fingerprint density at radius 2 is 1.33 bits per heavy atom. The van der Waals surface area contributed by atoms with Crippen molar-refractivity contribution in [2.24, 2.45) is 0 Å². The van der Waals surface area contributed by atoms with Crippen LogP contribution in [0, 0.1) is 11.5 Å². The molecule has 1 heterocycles. The van der Waals surface area contributed by atoms with Gasteiger partial charge in [0.2, 0.25) is 0 Å². The highest BCUT2D eigenvalue weighted by molar-refractivity contribution is 6.83. The van der Waals surface area contributed by atoms with Crippen LogP contribution >= 0.6 is 0 Å². The molecule has 0 saturated carbocycles. The van der Waals surface area contributed by atoms with E-state index in [2.05, 4.69) is 31.1 Å². The SMILES string of the molecule is C[Si](C)(C)C#CCCCCCCCCCCCCCCOC1CCCCO1. The van der Waals surface area contributed by atoms with Crippen LogP contribution in [0.1, 0.15) is 103 Å². The van der Waals surface area contributed by atoms with E-state index in [0.29, 0.717) is 0 Å². The minimum atomic E-state index is -1.14. The van der Waals surface area contributed by atoms with Gasteiger partial charge in [-0.3, -0.25) is 0 Å². The summed E-state index contributed by atoms with van der Waals surface area (Å²) in [6.07, 6.45) is 21.2. The average Bonchev–Trinajstić information content (AvgIpc) is 2.64. The summed E-state index contributed by atoms with van der Waals surface area (Å²) >= 11 is 0. The predicted octanol–water partition coefficient (Wildman–Crippen LogP) is 7.48. The average molecular weight is 395 g/mol. The van der Waals surface area contributed by atoms with Crippen molar-refractivity contribution in [2.45, 2.75) is 129 Å². The summed E-state index contributed by atoms with van der Waals surface area (Å²) in [5, 5.41) is 0. The molecule has 0 radical (unpaired) electrons. The second kappa shape index (κ2) is 16.6. The number of rotatable bonds is 15. The molecular weight excluding hydrogens is 348 g/mol. The zero-order valence-corrected chi connectivity index (χ0v) is 19.6. The van der Waals surface area contributed by atoms with E-state index in [1.165, 1.54) is 89.9 Å². The molecule has 3 heteroatoms. The smallest absolute Gasteiger partial charge is 0.157 e. The molecule has 0 spiro atoms. The first kappa shape index (κ1) is 24.7. The molecule has 1 atom stereocenters. The summed E-state index contributed by atoms with van der Waals surface area (Å²) in [4.78, 5) is 0. The van der Waals surface area contributed by atoms with Gasteiger partial charge in [-0.1, -0.05) is 83.8 Å². The number of unbranched alkanes of at least 4 members (excludes halogenated alkanes) is 12. The minimum absolute atomic E-state index is 0.0943. The normalized spacial score (nSPS) is 17.5. The fourth-order valence-corrected chi connectivity index (χ4v) is 4.12. The van der Waals surface area contributed by atoms with Gasteiger partial charge in [-0.25, -0.2) is 0 Å². The summed E-state index contributed by atoms with van der Waals surface area (Å²) in [5.74, 6) is 3.38. The van der Waals surface area contributed by atoms with Crippen LogP contribution in [-0.2, 0) is 9.47 Å². The van der Waals surface area contributed by atoms with E-state index in [1.54, 1.807) is 0 Å². The molecule has 0 amide bonds. The van der Waals surface area contributed by atoms with Crippen molar-refractivity contribution in [2.75, 3.05) is 13.2 Å². The van der Waals surface area contributed by atoms with Crippen molar-refractivity contribution in [1.82, 2.24) is 0 Å². The molecule has 1 rings (SSSR count). The van der Waals surface area contributed by atoms with E-state index in [0.717, 1.165) is 26.1 Å². The summed E-state index contributed by atoms with van der Waals surface area (Å²) in [6.45, 7) is 8.73. The molecule has 158 valence electrons. The third-order valence-electron chi connectivity index (χ3n) is 5.10. The molecule has 0 aliphatic carbocycles. The molecule has 1 saturated heterocycles. The van der Waals surface area contributed by atoms with E-state index >= 15 is 0 Å². The van der Waals surface area contributed by atoms with Crippen LogP contribution in [0.4, 0.5) is 0 Å². The van der Waals surface area contributed by atoms with Crippen molar-refractivity contribution in [3.05, 3.63) is 0 Å². The first-order valence-corrected chi connectivity index (χ1v) is 15.3. The van der Waals surface area contributed by atoms with Crippen molar-refractivity contribution >= 4 is 8.07 Å². The standard InChI is InChI=1S/C24H46O2Si/c1-27(2,3)23-19-15-13-11-9-7-5-4-6-8-10-12-14-17-21-25-24-20-16-18-22-26-24/h24H,4-18,20-22H2,1-3H3. The van der Waals surface area contributed by atoms with Gasteiger partial charge in [0.05, 0.1) is 0 Å². The Morgan fingerprint density at radius 3 is 1.85 bits per heavy atom. The van der Waals surface area contributed by atoms with Crippen LogP contribution in [0.3, 0.4) is 0 Å². The van der Waals surface area contributed by atoms with Gasteiger partial charge < -0.3 is 9.47 Å². The van der Waals surface area contributed by atoms with Crippen LogP contribution < -0.4 is 0 Å². The molecule has 0 N–H and O–H groups in total. The quantitative estimate of drug-likeness (QED) is 0.163. The third kappa shape index (κ3) is 17.5. The second-order valence-corrected chi connectivity index (χ2v) is 14.0. The van der Waals surface area contributed by atoms with Gasteiger partial charge in [0.25, 0.3) is 0 Å². The number of hydrogen-bond donors (Lipinski definition) is 0. The molecule has 1 aliphatic heterocycles. The predicted molar refractivity (Wildman–Crippen MR) is 121 cm³/mol. The van der Waals surface area contributed by atoms with Gasteiger partial charge in [-0.15, -0.1) is 11.5 Å². The molecule has 1 aliphatic rings. The topological polar surface area (TPSA) is 18.5 Å². The number of hydrogen-bond acceptors (Lipinski definition) is 2. The molecule has 1 fully saturated rings. The van der Waals surface area contributed by atoms with E-state index in [-0.39, 0.29) is 6.29 Å². The Morgan fingerprint density at radius 1 is 0.778 bits per heavy atom. The summed E-state index contributed by atoms with van der Waals surface area (Å²) in [7, 11) is -1.14. The lowest BCUT2D eigenvalue weighted by Crippen LogP contribution is -2.22. The van der Waals surface area contributed by atoms with E-state index in [1.807, 2.05) is 0 Å². The van der Waals surface area contributed by atoms with Crippen LogP contribution in [0.5, 0.6) is 0 Å². The van der Waals surface area contributed by atoms with Gasteiger partial charge in [0.1, 0.15) is 8.07 Å². The van der Waals surface area contributed by atoms with Gasteiger partial charge in [-0.05, 0) is 32.1 Å². The molecule has 0 aromatic rings. The van der Waals surface area contributed by atoms with Gasteiger partial charge >= 0.3 is 0 Å². The van der Waals surface area contributed by atoms with Crippen molar-refractivity contribution < 1.29 is 9.47 Å². The molecular formula is C24H46O2Si. The molecule has 0 bridgehead atoms. The maximum absolute atomic E-state index is 5.78. The van der Waals surface area contributed by atoms with Crippen LogP contribution in [-0.4, -0.2) is 27.6 Å². The molecule has 2 nitrogen and oxygen atoms in total. The zero-order chi connectivity index (χ0) is 19.6. The van der Waals surface area contributed by atoms with Gasteiger partial charge in [-0.2, -0.15) is 0 Å². The highest BCUT2D eigenvalue weighted by Crippen LogP contribution is 2.15. The fourth-order valence-electron chi connectivity index (χ4n) is 3.47. The lowest BCUT2D eigenvalue weighted by atomic mass is 10.0. The van der Waals surface area contributed by atoms with Gasteiger partial charge in [0, 0.05) is 19.6 Å². The molecule has 0 aromatic heterocycles. The second-order valence-electron chi connectivity index (χ2n) is 9.21. The maximum Gasteiger partial charge on any atom is 0.157 e. The van der Waals surface area contributed by atoms with Crippen molar-refractivity contribution in [3.8, 4) is 11.5 Å². The summed E-state index contributed by atoms with van der Waals surface area (Å²) < 4.78 is 11.4. The fraction of sp³-hybridized carbons (Fsp3) is 0.917. The van der Waals surface area contributed by atoms with Crippen LogP contribution in [0.15, 0.2) is 0 Å². The summed E-state index contributed by atoms with van der Waals surface area (Å²) in [5.41, 5.74) is 3.46. The molecule has 27 heavy (non-hydrogen) atoms. The highest BCUT2D eigenvalue weighted by Gasteiger charge is 2.13. The first-order valence-electron chi connectivity index (χ1n) is 11.8. The Kier molecular flexibility index (Phi) is 15.2. The number of ether oxygens (including phenoxy) is 2. The van der Waals surface area contributed by atoms with Gasteiger partial charge in [0.15, 0.2) is 6.29 Å². The lowest BCUT2D eigenvalue weighted by Gasteiger charge is -2.22. The van der Waals surface area contributed by atoms with E-state index in [9.17, 15) is 0 Å². The summed E-state index contributed by atoms with van der Waals surface area (Å²) in [6, 6.07) is 0. The molecule has 1 unspecified atom stereocenters. The Bertz CT molecular complexity index is 385. The Hall–Kier alpha value is -0.303. The largest absolute Gasteiger partial charge is 0.353 e. The Labute approximate surface area is 171 Å². The third-order valence-corrected chi connectivity index (χ3v) is 6.03. The minimum Gasteiger partial charge on any atom is -0.353 e. The molecule has 0 aromatic carbocycles. The zero-order valence-electron chi connectivity index (χ0n) is 18.6. The van der Waals surface area contributed by atoms with E-state index < -0.39 is 8.07 Å². The lowest BCUT2D eigenvalue weighted by molar-refractivity contribution is -0.162.